The van der Waals surface area contributed by atoms with E-state index in [1.165, 1.54) is 22.0 Å². The van der Waals surface area contributed by atoms with Crippen LogP contribution in [0.4, 0.5) is 0 Å². The summed E-state index contributed by atoms with van der Waals surface area (Å²) in [6, 6.07) is 0. The molecule has 10 nitrogen and oxygen atoms in total. The van der Waals surface area contributed by atoms with Gasteiger partial charge in [-0.25, -0.2) is 0 Å². The lowest BCUT2D eigenvalue weighted by Crippen LogP contribution is -2.73. The van der Waals surface area contributed by atoms with Gasteiger partial charge in [-0.15, -0.1) is 0 Å². The number of hydrogen-bond donors (Lipinski definition) is 3. The van der Waals surface area contributed by atoms with Crippen LogP contribution in [-0.4, -0.2) is 93.0 Å². The van der Waals surface area contributed by atoms with E-state index in [1.807, 2.05) is 0 Å². The first kappa shape index (κ1) is 17.6. The number of aliphatic hydroxyl groups is 2. The largest absolute Gasteiger partial charge is 0.370 e. The van der Waals surface area contributed by atoms with E-state index in [0.717, 1.165) is 0 Å². The molecule has 3 aliphatic rings. The van der Waals surface area contributed by atoms with Crippen molar-refractivity contribution in [2.24, 2.45) is 10.2 Å². The van der Waals surface area contributed by atoms with Crippen LogP contribution >= 0.6 is 0 Å². The maximum absolute atomic E-state index is 12.3. The highest BCUT2D eigenvalue weighted by Crippen LogP contribution is 2.47. The van der Waals surface area contributed by atoms with Gasteiger partial charge in [-0.2, -0.15) is 10.2 Å². The van der Waals surface area contributed by atoms with Gasteiger partial charge in [0.15, 0.2) is 12.5 Å². The second kappa shape index (κ2) is 5.40. The van der Waals surface area contributed by atoms with Gasteiger partial charge in [0.25, 0.3) is 11.8 Å². The molecule has 0 aliphatic carbocycles. The van der Waals surface area contributed by atoms with E-state index in [1.54, 1.807) is 27.9 Å². The van der Waals surface area contributed by atoms with Gasteiger partial charge >= 0.3 is 0 Å². The maximum atomic E-state index is 12.3. The first-order chi connectivity index (χ1) is 11.6. The summed E-state index contributed by atoms with van der Waals surface area (Å²) in [4.78, 5) is 25.6. The highest BCUT2D eigenvalue weighted by atomic mass is 16.3. The molecule has 138 valence electrons. The average molecular weight is 352 g/mol. The van der Waals surface area contributed by atoms with Crippen molar-refractivity contribution in [3.05, 3.63) is 0 Å². The fraction of sp³-hybridized carbons (Fsp3) is 0.733. The van der Waals surface area contributed by atoms with Crippen molar-refractivity contribution in [3.63, 3.8) is 0 Å². The van der Waals surface area contributed by atoms with Crippen LogP contribution in [0, 0.1) is 0 Å². The number of amides is 2. The number of aliphatic hydroxyl groups excluding tert-OH is 2. The SMILES string of the molecule is CNC(=O)C1=NN2C(O)C3(C)CC(C(=O)N(C)C)=NN3C(O)C2(C)C1. The molecule has 0 aromatic heterocycles. The zero-order valence-corrected chi connectivity index (χ0v) is 15.0. The molecule has 3 rings (SSSR count). The molecule has 4 atom stereocenters. The van der Waals surface area contributed by atoms with Crippen molar-refractivity contribution in [2.45, 2.75) is 50.2 Å². The Hall–Kier alpha value is -2.20. The Bertz CT molecular complexity index is 692. The van der Waals surface area contributed by atoms with Crippen LogP contribution in [0.25, 0.3) is 0 Å². The van der Waals surface area contributed by atoms with Crippen LogP contribution in [0.5, 0.6) is 0 Å². The molecule has 3 heterocycles. The van der Waals surface area contributed by atoms with E-state index in [2.05, 4.69) is 15.5 Å². The molecule has 4 unspecified atom stereocenters. The Morgan fingerprint density at radius 1 is 1.08 bits per heavy atom. The second-order valence-electron chi connectivity index (χ2n) is 7.38. The third-order valence-corrected chi connectivity index (χ3v) is 5.27. The molecule has 3 aliphatic heterocycles. The molecule has 3 N–H and O–H groups in total. The summed E-state index contributed by atoms with van der Waals surface area (Å²) < 4.78 is 0. The first-order valence-electron chi connectivity index (χ1n) is 8.10. The van der Waals surface area contributed by atoms with Crippen molar-refractivity contribution < 1.29 is 19.8 Å². The summed E-state index contributed by atoms with van der Waals surface area (Å²) in [5, 5.41) is 35.7. The van der Waals surface area contributed by atoms with Crippen molar-refractivity contribution in [1.82, 2.24) is 20.2 Å². The van der Waals surface area contributed by atoms with Gasteiger partial charge in [-0.3, -0.25) is 19.6 Å². The summed E-state index contributed by atoms with van der Waals surface area (Å²) in [7, 11) is 4.74. The number of fused-ring (bicyclic) bond motifs is 2. The molecule has 0 aromatic carbocycles. The summed E-state index contributed by atoms with van der Waals surface area (Å²) in [6.45, 7) is 3.43. The molecule has 10 heteroatoms. The van der Waals surface area contributed by atoms with E-state index >= 15 is 0 Å². The molecule has 0 spiro atoms. The summed E-state index contributed by atoms with van der Waals surface area (Å²) in [5.74, 6) is -0.623. The monoisotopic (exact) mass is 352 g/mol. The minimum absolute atomic E-state index is 0.157. The van der Waals surface area contributed by atoms with Crippen LogP contribution in [0.2, 0.25) is 0 Å². The Morgan fingerprint density at radius 3 is 1.96 bits per heavy atom. The van der Waals surface area contributed by atoms with Crippen LogP contribution in [0.3, 0.4) is 0 Å². The number of piperazine rings is 1. The van der Waals surface area contributed by atoms with Gasteiger partial charge in [-0.05, 0) is 13.8 Å². The highest BCUT2D eigenvalue weighted by Gasteiger charge is 2.64. The normalized spacial score (nSPS) is 36.4. The van der Waals surface area contributed by atoms with Crippen molar-refractivity contribution >= 4 is 23.2 Å². The van der Waals surface area contributed by atoms with E-state index in [9.17, 15) is 19.8 Å². The lowest BCUT2D eigenvalue weighted by Gasteiger charge is -2.56. The molecular formula is C15H24N6O4. The maximum Gasteiger partial charge on any atom is 0.269 e. The molecule has 2 amide bonds. The van der Waals surface area contributed by atoms with Gasteiger partial charge in [0.1, 0.15) is 22.5 Å². The lowest BCUT2D eigenvalue weighted by molar-refractivity contribution is -0.256. The predicted molar refractivity (Wildman–Crippen MR) is 89.4 cm³/mol. The standard InChI is InChI=1S/C15H24N6O4/c1-14-6-8(10(22)16-3)17-20(14)13(25)15(2)7-9(11(23)19(4)5)18-21(15)12(14)24/h12-13,24-25H,6-7H2,1-5H3,(H,16,22). The quantitative estimate of drug-likeness (QED) is 0.534. The molecule has 25 heavy (non-hydrogen) atoms. The summed E-state index contributed by atoms with van der Waals surface area (Å²) >= 11 is 0. The molecule has 1 fully saturated rings. The summed E-state index contributed by atoms with van der Waals surface area (Å²) in [5.41, 5.74) is -1.55. The molecule has 1 saturated heterocycles. The van der Waals surface area contributed by atoms with Crippen LogP contribution < -0.4 is 5.32 Å². The third-order valence-electron chi connectivity index (χ3n) is 5.27. The number of hydrazone groups is 2. The number of carbonyl (C=O) groups excluding carboxylic acids is 2. The zero-order valence-electron chi connectivity index (χ0n) is 15.0. The molecular weight excluding hydrogens is 328 g/mol. The minimum atomic E-state index is -1.14. The number of hydrogen-bond acceptors (Lipinski definition) is 8. The zero-order chi connectivity index (χ0) is 18.7. The van der Waals surface area contributed by atoms with Crippen molar-refractivity contribution in [2.75, 3.05) is 21.1 Å². The average Bonchev–Trinajstić information content (AvgIpc) is 3.11. The van der Waals surface area contributed by atoms with Crippen LogP contribution in [0.1, 0.15) is 26.7 Å². The van der Waals surface area contributed by atoms with Crippen molar-refractivity contribution in [1.29, 1.82) is 0 Å². The number of nitrogens with one attached hydrogen (secondary N) is 1. The first-order valence-corrected chi connectivity index (χ1v) is 8.10. The van der Waals surface area contributed by atoms with Gasteiger partial charge in [-0.1, -0.05) is 0 Å². The Morgan fingerprint density at radius 2 is 1.52 bits per heavy atom. The Balaban J connectivity index is 1.98. The smallest absolute Gasteiger partial charge is 0.269 e. The van der Waals surface area contributed by atoms with Gasteiger partial charge in [0, 0.05) is 34.0 Å². The fourth-order valence-electron chi connectivity index (χ4n) is 3.66. The second-order valence-corrected chi connectivity index (χ2v) is 7.38. The van der Waals surface area contributed by atoms with Gasteiger partial charge in [0.2, 0.25) is 0 Å². The topological polar surface area (TPSA) is 121 Å². The molecule has 0 radical (unpaired) electrons. The minimum Gasteiger partial charge on any atom is -0.370 e. The molecule has 0 aromatic rings. The van der Waals surface area contributed by atoms with Crippen LogP contribution in [-0.2, 0) is 9.59 Å². The number of carbonyl (C=O) groups is 2. The Labute approximate surface area is 145 Å². The van der Waals surface area contributed by atoms with E-state index in [4.69, 9.17) is 0 Å². The van der Waals surface area contributed by atoms with Crippen molar-refractivity contribution in [3.8, 4) is 0 Å². The van der Waals surface area contributed by atoms with E-state index in [0.29, 0.717) is 0 Å². The highest BCUT2D eigenvalue weighted by molar-refractivity contribution is 6.40. The van der Waals surface area contributed by atoms with E-state index < -0.39 is 23.5 Å². The van der Waals surface area contributed by atoms with Crippen LogP contribution in [0.15, 0.2) is 10.2 Å². The van der Waals surface area contributed by atoms with Gasteiger partial charge < -0.3 is 20.4 Å². The lowest BCUT2D eigenvalue weighted by atomic mass is 9.82. The molecule has 0 saturated carbocycles. The predicted octanol–water partition coefficient (Wildman–Crippen LogP) is -1.89. The van der Waals surface area contributed by atoms with E-state index in [-0.39, 0.29) is 36.1 Å². The fourth-order valence-corrected chi connectivity index (χ4v) is 3.66. The number of rotatable bonds is 2. The summed E-state index contributed by atoms with van der Waals surface area (Å²) in [6.07, 6.45) is -1.96. The van der Waals surface area contributed by atoms with Gasteiger partial charge in [0.05, 0.1) is 0 Å². The third kappa shape index (κ3) is 2.24. The number of nitrogens with zero attached hydrogens (tertiary/aromatic N) is 5. The Kier molecular flexibility index (Phi) is 3.80. The molecule has 0 bridgehead atoms.